The van der Waals surface area contributed by atoms with Gasteiger partial charge in [0.2, 0.25) is 0 Å². The van der Waals surface area contributed by atoms with Crippen LogP contribution in [0.15, 0.2) is 158 Å². The average Bonchev–Trinajstić information content (AvgIpc) is 3.90. The van der Waals surface area contributed by atoms with Crippen LogP contribution in [0.25, 0.3) is 78.7 Å². The highest BCUT2D eigenvalue weighted by molar-refractivity contribution is 5.98. The molecule has 0 saturated carbocycles. The van der Waals surface area contributed by atoms with Crippen LogP contribution in [0.4, 0.5) is 0 Å². The zero-order valence-corrected chi connectivity index (χ0v) is 25.1. The normalized spacial score (nSPS) is 11.4. The van der Waals surface area contributed by atoms with E-state index < -0.39 is 0 Å². The molecule has 0 aliphatic carbocycles. The van der Waals surface area contributed by atoms with Gasteiger partial charge >= 0.3 is 0 Å². The van der Waals surface area contributed by atoms with E-state index in [0.29, 0.717) is 0 Å². The highest BCUT2D eigenvalue weighted by Crippen LogP contribution is 2.35. The third-order valence-corrected chi connectivity index (χ3v) is 8.34. The van der Waals surface area contributed by atoms with Crippen molar-refractivity contribution in [1.82, 2.24) is 19.9 Å². The maximum Gasteiger partial charge on any atom is 0.0737 e. The lowest BCUT2D eigenvalue weighted by molar-refractivity contribution is 1.29. The standard InChI is InChI=1S/C42H30N4/c1-5-13-29(14-6-1)33-27-43-28-34(30-15-7-2-8-16-30)36-22-24-38(45-36)42(32-19-11-4-12-20-32)40-26-25-39(46-40)41(31-17-9-3-10-18-31)37-23-21-35(33)44-37/h1-28,44,46H. The Morgan fingerprint density at radius 3 is 1.35 bits per heavy atom. The Labute approximate surface area is 267 Å². The summed E-state index contributed by atoms with van der Waals surface area (Å²) in [5.41, 5.74) is 14.2. The zero-order valence-electron chi connectivity index (χ0n) is 25.1. The molecule has 0 saturated heterocycles. The summed E-state index contributed by atoms with van der Waals surface area (Å²) >= 11 is 0. The minimum Gasteiger partial charge on any atom is -0.354 e. The molecule has 0 fully saturated rings. The summed E-state index contributed by atoms with van der Waals surface area (Å²) < 4.78 is 0. The van der Waals surface area contributed by atoms with Crippen LogP contribution in [0.5, 0.6) is 0 Å². The molecular weight excluding hydrogens is 560 g/mol. The summed E-state index contributed by atoms with van der Waals surface area (Å²) in [6, 6.07) is 50.3. The van der Waals surface area contributed by atoms with Gasteiger partial charge in [0.25, 0.3) is 0 Å². The average molecular weight is 591 g/mol. The minimum atomic E-state index is 0.866. The van der Waals surface area contributed by atoms with E-state index in [1.807, 2.05) is 42.7 Å². The first kappa shape index (κ1) is 27.3. The van der Waals surface area contributed by atoms with Crippen LogP contribution in [0.2, 0.25) is 0 Å². The predicted molar refractivity (Wildman–Crippen MR) is 192 cm³/mol. The molecule has 1 aliphatic heterocycles. The van der Waals surface area contributed by atoms with Gasteiger partial charge in [-0.15, -0.1) is 0 Å². The quantitative estimate of drug-likeness (QED) is 0.214. The van der Waals surface area contributed by atoms with Crippen LogP contribution < -0.4 is 0 Å². The maximum absolute atomic E-state index is 5.24. The molecule has 4 nitrogen and oxygen atoms in total. The first-order valence-corrected chi connectivity index (χ1v) is 15.4. The molecule has 6 bridgehead atoms. The van der Waals surface area contributed by atoms with Gasteiger partial charge in [0, 0.05) is 56.7 Å². The Bertz CT molecular complexity index is 2330. The second kappa shape index (κ2) is 12.0. The van der Waals surface area contributed by atoms with E-state index in [9.17, 15) is 0 Å². The van der Waals surface area contributed by atoms with E-state index >= 15 is 0 Å². The molecule has 218 valence electrons. The lowest BCUT2D eigenvalue weighted by Crippen LogP contribution is -1.87. The topological polar surface area (TPSA) is 57.4 Å². The Morgan fingerprint density at radius 1 is 0.348 bits per heavy atom. The number of rotatable bonds is 4. The number of aromatic amines is 2. The van der Waals surface area contributed by atoms with Crippen LogP contribution in [0, 0.1) is 0 Å². The van der Waals surface area contributed by atoms with Crippen molar-refractivity contribution in [2.75, 3.05) is 0 Å². The van der Waals surface area contributed by atoms with E-state index in [-0.39, 0.29) is 0 Å². The van der Waals surface area contributed by atoms with Gasteiger partial charge in [-0.1, -0.05) is 121 Å². The molecule has 3 aromatic heterocycles. The van der Waals surface area contributed by atoms with Crippen LogP contribution >= 0.6 is 0 Å². The number of fused-ring (bicyclic) bond motifs is 6. The summed E-state index contributed by atoms with van der Waals surface area (Å²) in [6.45, 7) is 0. The lowest BCUT2D eigenvalue weighted by atomic mass is 10.0. The van der Waals surface area contributed by atoms with Crippen molar-refractivity contribution in [3.8, 4) is 44.5 Å². The monoisotopic (exact) mass is 590 g/mol. The number of aromatic nitrogens is 4. The fourth-order valence-electron chi connectivity index (χ4n) is 6.15. The predicted octanol–water partition coefficient (Wildman–Crippen LogP) is 10.8. The van der Waals surface area contributed by atoms with Crippen molar-refractivity contribution < 1.29 is 0 Å². The van der Waals surface area contributed by atoms with Gasteiger partial charge in [0.05, 0.1) is 11.4 Å². The molecule has 2 N–H and O–H groups in total. The van der Waals surface area contributed by atoms with Gasteiger partial charge in [0.1, 0.15) is 0 Å². The van der Waals surface area contributed by atoms with Gasteiger partial charge in [-0.2, -0.15) is 0 Å². The zero-order chi connectivity index (χ0) is 30.7. The second-order valence-electron chi connectivity index (χ2n) is 11.2. The van der Waals surface area contributed by atoms with Crippen LogP contribution in [0.3, 0.4) is 0 Å². The molecule has 4 aromatic carbocycles. The Hall–Kier alpha value is -6.26. The van der Waals surface area contributed by atoms with E-state index in [0.717, 1.165) is 78.0 Å². The smallest absolute Gasteiger partial charge is 0.0737 e. The highest BCUT2D eigenvalue weighted by atomic mass is 14.8. The number of hydrogen-bond acceptors (Lipinski definition) is 2. The van der Waals surface area contributed by atoms with Crippen LogP contribution in [-0.2, 0) is 0 Å². The van der Waals surface area contributed by atoms with Crippen LogP contribution in [0.1, 0.15) is 11.4 Å². The van der Waals surface area contributed by atoms with Crippen molar-refractivity contribution in [1.29, 1.82) is 0 Å². The van der Waals surface area contributed by atoms with Gasteiger partial charge in [0.15, 0.2) is 0 Å². The van der Waals surface area contributed by atoms with Crippen molar-refractivity contribution in [3.63, 3.8) is 0 Å². The summed E-state index contributed by atoms with van der Waals surface area (Å²) in [6.07, 6.45) is 8.07. The van der Waals surface area contributed by atoms with E-state index in [4.69, 9.17) is 9.97 Å². The molecule has 4 heterocycles. The van der Waals surface area contributed by atoms with Crippen molar-refractivity contribution in [3.05, 3.63) is 169 Å². The van der Waals surface area contributed by atoms with E-state index in [1.165, 1.54) is 0 Å². The van der Waals surface area contributed by atoms with E-state index in [1.54, 1.807) is 0 Å². The Kier molecular flexibility index (Phi) is 7.14. The molecule has 0 atom stereocenters. The maximum atomic E-state index is 5.24. The second-order valence-corrected chi connectivity index (χ2v) is 11.2. The molecule has 46 heavy (non-hydrogen) atoms. The number of nitrogens with zero attached hydrogens (tertiary/aromatic N) is 2. The lowest BCUT2D eigenvalue weighted by Gasteiger charge is -2.05. The summed E-state index contributed by atoms with van der Waals surface area (Å²) in [7, 11) is 0. The molecule has 1 aliphatic rings. The number of benzene rings is 4. The van der Waals surface area contributed by atoms with Gasteiger partial charge in [-0.25, -0.2) is 4.98 Å². The molecule has 0 spiro atoms. The first-order valence-electron chi connectivity index (χ1n) is 15.4. The minimum absolute atomic E-state index is 0.866. The largest absolute Gasteiger partial charge is 0.354 e. The third kappa shape index (κ3) is 5.23. The van der Waals surface area contributed by atoms with Crippen molar-refractivity contribution in [2.45, 2.75) is 0 Å². The van der Waals surface area contributed by atoms with Crippen LogP contribution in [-0.4, -0.2) is 19.9 Å². The fourth-order valence-corrected chi connectivity index (χ4v) is 6.15. The van der Waals surface area contributed by atoms with Gasteiger partial charge in [-0.3, -0.25) is 4.98 Å². The summed E-state index contributed by atoms with van der Waals surface area (Å²) in [5.74, 6) is 0. The van der Waals surface area contributed by atoms with Gasteiger partial charge < -0.3 is 9.97 Å². The van der Waals surface area contributed by atoms with E-state index in [2.05, 4.69) is 137 Å². The molecule has 4 heteroatoms. The number of hydrogen-bond donors (Lipinski definition) is 2. The SMILES string of the molecule is C1=Cc2nc1c(-c1ccccc1)cncc(-c1ccccc1)c1ccc([nH]1)c(-c1ccccc1)c1ccc([nH]1)c2-c1ccccc1. The molecule has 7 aromatic rings. The summed E-state index contributed by atoms with van der Waals surface area (Å²) in [5, 5.41) is 0. The molecule has 0 radical (unpaired) electrons. The third-order valence-electron chi connectivity index (χ3n) is 8.34. The summed E-state index contributed by atoms with van der Waals surface area (Å²) in [4.78, 5) is 17.7. The van der Waals surface area contributed by atoms with Gasteiger partial charge in [-0.05, 0) is 58.7 Å². The Balaban J connectivity index is 1.53. The highest BCUT2D eigenvalue weighted by Gasteiger charge is 2.14. The molecule has 0 amide bonds. The fraction of sp³-hybridized carbons (Fsp3) is 0. The van der Waals surface area contributed by atoms with Crippen molar-refractivity contribution in [2.24, 2.45) is 0 Å². The Morgan fingerprint density at radius 2 is 0.761 bits per heavy atom. The molecule has 0 unspecified atom stereocenters. The number of H-pyrrole nitrogens is 2. The first-order chi connectivity index (χ1) is 22.8. The number of nitrogens with one attached hydrogen (secondary N) is 2. The molecule has 8 rings (SSSR count). The van der Waals surface area contributed by atoms with Crippen molar-refractivity contribution >= 4 is 34.2 Å². The molecular formula is C42H30N4.